The first-order valence-electron chi connectivity index (χ1n) is 9.87. The molecule has 0 spiro atoms. The Balaban J connectivity index is 1.87. The number of rotatable bonds is 6. The molecule has 4 N–H and O–H groups in total. The van der Waals surface area contributed by atoms with Gasteiger partial charge in [0.05, 0.1) is 24.4 Å². The molecule has 7 nitrogen and oxygen atoms in total. The Morgan fingerprint density at radius 2 is 1.69 bits per heavy atom. The molecule has 1 heterocycles. The van der Waals surface area contributed by atoms with Crippen LogP contribution in [0.5, 0.6) is 5.75 Å². The van der Waals surface area contributed by atoms with Gasteiger partial charge in [-0.2, -0.15) is 0 Å². The number of carboxylic acids is 1. The van der Waals surface area contributed by atoms with Gasteiger partial charge in [-0.15, -0.1) is 0 Å². The van der Waals surface area contributed by atoms with Crippen LogP contribution in [-0.2, 0) is 4.79 Å². The van der Waals surface area contributed by atoms with E-state index in [1.165, 1.54) is 17.0 Å². The van der Waals surface area contributed by atoms with Crippen LogP contribution in [0.15, 0.2) is 90.1 Å². The number of anilines is 1. The van der Waals surface area contributed by atoms with Gasteiger partial charge in [-0.25, -0.2) is 4.79 Å². The summed E-state index contributed by atoms with van der Waals surface area (Å²) < 4.78 is 5.36. The molecule has 0 radical (unpaired) electrons. The average Bonchev–Trinajstić information content (AvgIpc) is 3.09. The number of carbonyl (C=O) groups is 2. The summed E-state index contributed by atoms with van der Waals surface area (Å²) in [7, 11) is 1.55. The van der Waals surface area contributed by atoms with Crippen molar-refractivity contribution in [3.63, 3.8) is 0 Å². The fourth-order valence-corrected chi connectivity index (χ4v) is 3.83. The normalized spacial score (nSPS) is 15.7. The van der Waals surface area contributed by atoms with Crippen LogP contribution in [0, 0.1) is 5.41 Å². The fourth-order valence-electron chi connectivity index (χ4n) is 3.83. The van der Waals surface area contributed by atoms with Crippen molar-refractivity contribution >= 4 is 23.3 Å². The maximum Gasteiger partial charge on any atom is 0.335 e. The number of hydrogen-bond donors (Lipinski definition) is 3. The highest BCUT2D eigenvalue weighted by molar-refractivity contribution is 6.22. The van der Waals surface area contributed by atoms with Gasteiger partial charge in [-0.1, -0.05) is 42.5 Å². The third kappa shape index (κ3) is 3.60. The van der Waals surface area contributed by atoms with Gasteiger partial charge in [0.1, 0.15) is 11.4 Å². The van der Waals surface area contributed by atoms with Crippen LogP contribution in [-0.4, -0.2) is 29.8 Å². The molecule has 160 valence electrons. The number of nitrogens with one attached hydrogen (secondary N) is 1. The van der Waals surface area contributed by atoms with Crippen molar-refractivity contribution in [1.82, 2.24) is 0 Å². The molecule has 1 aliphatic rings. The predicted molar refractivity (Wildman–Crippen MR) is 121 cm³/mol. The summed E-state index contributed by atoms with van der Waals surface area (Å²) in [5.41, 5.74) is 8.74. The van der Waals surface area contributed by atoms with Gasteiger partial charge in [0.2, 0.25) is 0 Å². The third-order valence-corrected chi connectivity index (χ3v) is 5.40. The Hall–Kier alpha value is -4.39. The van der Waals surface area contributed by atoms with E-state index in [1.54, 1.807) is 43.5 Å². The highest BCUT2D eigenvalue weighted by Crippen LogP contribution is 2.42. The number of nitrogens with two attached hydrogens (primary N) is 1. The van der Waals surface area contributed by atoms with E-state index >= 15 is 0 Å². The molecule has 1 aliphatic heterocycles. The molecule has 0 bridgehead atoms. The molecule has 7 heteroatoms. The lowest BCUT2D eigenvalue weighted by molar-refractivity contribution is -0.114. The second kappa shape index (κ2) is 8.39. The number of nitrogens with zero attached hydrogens (tertiary/aromatic N) is 1. The van der Waals surface area contributed by atoms with Crippen LogP contribution in [0.25, 0.3) is 0 Å². The second-order valence-electron chi connectivity index (χ2n) is 7.27. The lowest BCUT2D eigenvalue weighted by Crippen LogP contribution is -2.31. The largest absolute Gasteiger partial charge is 0.497 e. The monoisotopic (exact) mass is 427 g/mol. The smallest absolute Gasteiger partial charge is 0.335 e. The number of aromatic carboxylic acids is 1. The standard InChI is InChI=1S/C25H21N3O4/c1-32-19-9-5-8-17(14-19)23-20(21(26)15-6-3-2-4-7-15)22(27)24(29)28(23)18-12-10-16(11-13-18)25(30)31/h2-14,23,26H,27H2,1H3,(H,30,31). The number of benzene rings is 3. The molecule has 0 aliphatic carbocycles. The number of carboxylic acid groups (broad SMARTS) is 1. The summed E-state index contributed by atoms with van der Waals surface area (Å²) in [4.78, 5) is 26.1. The Kier molecular flexibility index (Phi) is 5.47. The van der Waals surface area contributed by atoms with Crippen molar-refractivity contribution < 1.29 is 19.4 Å². The summed E-state index contributed by atoms with van der Waals surface area (Å²) in [5.74, 6) is -0.901. The van der Waals surface area contributed by atoms with Crippen LogP contribution in [0.2, 0.25) is 0 Å². The minimum Gasteiger partial charge on any atom is -0.497 e. The minimum absolute atomic E-state index is 0.0195. The van der Waals surface area contributed by atoms with Crippen LogP contribution in [0.3, 0.4) is 0 Å². The lowest BCUT2D eigenvalue weighted by Gasteiger charge is -2.28. The zero-order valence-electron chi connectivity index (χ0n) is 17.3. The topological polar surface area (TPSA) is 117 Å². The summed E-state index contributed by atoms with van der Waals surface area (Å²) in [6.07, 6.45) is 0. The molecule has 0 aromatic heterocycles. The molecule has 1 amide bonds. The first kappa shape index (κ1) is 20.9. The molecular formula is C25H21N3O4. The van der Waals surface area contributed by atoms with Crippen LogP contribution in [0.4, 0.5) is 5.69 Å². The molecule has 32 heavy (non-hydrogen) atoms. The van der Waals surface area contributed by atoms with E-state index in [9.17, 15) is 14.7 Å². The molecule has 4 rings (SSSR count). The van der Waals surface area contributed by atoms with E-state index in [-0.39, 0.29) is 17.0 Å². The van der Waals surface area contributed by atoms with Gasteiger partial charge >= 0.3 is 5.97 Å². The van der Waals surface area contributed by atoms with Gasteiger partial charge in [-0.3, -0.25) is 15.1 Å². The van der Waals surface area contributed by atoms with Gasteiger partial charge < -0.3 is 15.6 Å². The molecule has 3 aromatic rings. The van der Waals surface area contributed by atoms with Crippen molar-refractivity contribution in [3.05, 3.63) is 107 Å². The average molecular weight is 427 g/mol. The van der Waals surface area contributed by atoms with Crippen molar-refractivity contribution in [3.8, 4) is 5.75 Å². The van der Waals surface area contributed by atoms with Crippen molar-refractivity contribution in [2.24, 2.45) is 5.73 Å². The van der Waals surface area contributed by atoms with Gasteiger partial charge in [0.25, 0.3) is 5.91 Å². The zero-order valence-corrected chi connectivity index (χ0v) is 17.3. The van der Waals surface area contributed by atoms with Crippen LogP contribution >= 0.6 is 0 Å². The maximum absolute atomic E-state index is 13.3. The Labute approximate surface area is 184 Å². The Bertz CT molecular complexity index is 1230. The molecule has 1 atom stereocenters. The molecule has 0 saturated carbocycles. The molecule has 0 fully saturated rings. The Morgan fingerprint density at radius 1 is 1.00 bits per heavy atom. The summed E-state index contributed by atoms with van der Waals surface area (Å²) in [6, 6.07) is 21.6. The van der Waals surface area contributed by atoms with E-state index in [4.69, 9.17) is 15.9 Å². The highest BCUT2D eigenvalue weighted by atomic mass is 16.5. The number of amides is 1. The number of methoxy groups -OCH3 is 1. The first-order valence-corrected chi connectivity index (χ1v) is 9.87. The summed E-state index contributed by atoms with van der Waals surface area (Å²) in [5, 5.41) is 18.1. The van der Waals surface area contributed by atoms with Crippen molar-refractivity contribution in [2.75, 3.05) is 12.0 Å². The van der Waals surface area contributed by atoms with Crippen LogP contribution in [0.1, 0.15) is 27.5 Å². The third-order valence-electron chi connectivity index (χ3n) is 5.40. The molecular weight excluding hydrogens is 406 g/mol. The summed E-state index contributed by atoms with van der Waals surface area (Å²) >= 11 is 0. The lowest BCUT2D eigenvalue weighted by atomic mass is 9.91. The van der Waals surface area contributed by atoms with E-state index in [0.717, 1.165) is 5.56 Å². The van der Waals surface area contributed by atoms with Gasteiger partial charge in [-0.05, 0) is 47.5 Å². The van der Waals surface area contributed by atoms with E-state index < -0.39 is 17.9 Å². The number of ether oxygens (including phenoxy) is 1. The van der Waals surface area contributed by atoms with E-state index in [0.29, 0.717) is 22.6 Å². The maximum atomic E-state index is 13.3. The first-order chi connectivity index (χ1) is 15.4. The molecule has 1 unspecified atom stereocenters. The van der Waals surface area contributed by atoms with Gasteiger partial charge in [0.15, 0.2) is 0 Å². The van der Waals surface area contributed by atoms with Crippen LogP contribution < -0.4 is 15.4 Å². The fraction of sp³-hybridized carbons (Fsp3) is 0.0800. The number of carbonyl (C=O) groups excluding carboxylic acids is 1. The number of hydrogen-bond acceptors (Lipinski definition) is 5. The van der Waals surface area contributed by atoms with Crippen molar-refractivity contribution in [1.29, 1.82) is 5.41 Å². The van der Waals surface area contributed by atoms with Crippen molar-refractivity contribution in [2.45, 2.75) is 6.04 Å². The summed E-state index contributed by atoms with van der Waals surface area (Å²) in [6.45, 7) is 0. The van der Waals surface area contributed by atoms with Gasteiger partial charge in [0, 0.05) is 11.3 Å². The predicted octanol–water partition coefficient (Wildman–Crippen LogP) is 3.76. The molecule has 3 aromatic carbocycles. The minimum atomic E-state index is -1.06. The molecule has 0 saturated heterocycles. The second-order valence-corrected chi connectivity index (χ2v) is 7.27. The quantitative estimate of drug-likeness (QED) is 0.518. The Morgan fingerprint density at radius 3 is 2.31 bits per heavy atom. The van der Waals surface area contributed by atoms with E-state index in [2.05, 4.69) is 0 Å². The highest BCUT2D eigenvalue weighted by Gasteiger charge is 2.42. The SMILES string of the molecule is COc1cccc(C2C(C(=N)c3ccccc3)=C(N)C(=O)N2c2ccc(C(=O)O)cc2)c1. The van der Waals surface area contributed by atoms with E-state index in [1.807, 2.05) is 30.3 Å². The zero-order chi connectivity index (χ0) is 22.8.